The first-order valence-electron chi connectivity index (χ1n) is 7.68. The number of morpholine rings is 1. The fourth-order valence-corrected chi connectivity index (χ4v) is 2.72. The number of imidazole rings is 1. The molecule has 22 heavy (non-hydrogen) atoms. The Morgan fingerprint density at radius 1 is 1.41 bits per heavy atom. The quantitative estimate of drug-likeness (QED) is 0.947. The number of rotatable bonds is 3. The molecule has 0 radical (unpaired) electrons. The van der Waals surface area contributed by atoms with E-state index in [-0.39, 0.29) is 11.9 Å². The molecule has 0 aliphatic carbocycles. The van der Waals surface area contributed by atoms with Gasteiger partial charge in [-0.2, -0.15) is 0 Å². The molecule has 5 nitrogen and oxygen atoms in total. The summed E-state index contributed by atoms with van der Waals surface area (Å²) in [4.78, 5) is 22.2. The number of ether oxygens (including phenoxy) is 1. The van der Waals surface area contributed by atoms with Crippen molar-refractivity contribution >= 4 is 5.91 Å². The Hall–Kier alpha value is -2.14. The number of H-pyrrole nitrogens is 1. The van der Waals surface area contributed by atoms with Crippen molar-refractivity contribution in [3.8, 4) is 0 Å². The normalized spacial score (nSPS) is 18.5. The Bertz CT molecular complexity index is 648. The summed E-state index contributed by atoms with van der Waals surface area (Å²) < 4.78 is 5.54. The highest BCUT2D eigenvalue weighted by atomic mass is 16.5. The molecule has 1 aromatic heterocycles. The molecule has 1 saturated heterocycles. The second kappa shape index (κ2) is 6.32. The first-order chi connectivity index (χ1) is 10.7. The average molecular weight is 299 g/mol. The van der Waals surface area contributed by atoms with Crippen LogP contribution >= 0.6 is 0 Å². The number of aromatic amines is 1. The predicted molar refractivity (Wildman–Crippen MR) is 83.7 cm³/mol. The molecule has 116 valence electrons. The smallest absolute Gasteiger partial charge is 0.254 e. The number of amides is 1. The SMILES string of the molecule is CCc1ccc(C(=O)N2CCOC[C@H]2c2ncc(C)[nH]2)cc1. The molecule has 1 N–H and O–H groups in total. The molecule has 2 heterocycles. The Kier molecular flexibility index (Phi) is 4.24. The number of nitrogens with one attached hydrogen (secondary N) is 1. The number of nitrogens with zero attached hydrogens (tertiary/aromatic N) is 2. The maximum atomic E-state index is 12.8. The molecule has 1 aromatic carbocycles. The molecule has 5 heteroatoms. The highest BCUT2D eigenvalue weighted by Gasteiger charge is 2.31. The Morgan fingerprint density at radius 3 is 2.82 bits per heavy atom. The first kappa shape index (κ1) is 14.8. The van der Waals surface area contributed by atoms with Gasteiger partial charge in [-0.25, -0.2) is 4.98 Å². The number of hydrogen-bond acceptors (Lipinski definition) is 3. The van der Waals surface area contributed by atoms with Crippen LogP contribution in [0.3, 0.4) is 0 Å². The van der Waals surface area contributed by atoms with Gasteiger partial charge in [-0.1, -0.05) is 19.1 Å². The highest BCUT2D eigenvalue weighted by Crippen LogP contribution is 2.24. The number of aryl methyl sites for hydroxylation is 2. The van der Waals surface area contributed by atoms with Gasteiger partial charge in [0.1, 0.15) is 11.9 Å². The zero-order valence-corrected chi connectivity index (χ0v) is 13.0. The van der Waals surface area contributed by atoms with E-state index in [0.29, 0.717) is 25.3 Å². The second-order valence-electron chi connectivity index (χ2n) is 5.59. The second-order valence-corrected chi connectivity index (χ2v) is 5.59. The molecule has 0 bridgehead atoms. The lowest BCUT2D eigenvalue weighted by molar-refractivity contribution is -0.00501. The van der Waals surface area contributed by atoms with Gasteiger partial charge in [-0.15, -0.1) is 0 Å². The molecule has 1 aliphatic rings. The topological polar surface area (TPSA) is 58.2 Å². The van der Waals surface area contributed by atoms with Crippen LogP contribution < -0.4 is 0 Å². The van der Waals surface area contributed by atoms with Gasteiger partial charge in [0.15, 0.2) is 0 Å². The number of carbonyl (C=O) groups is 1. The third kappa shape index (κ3) is 2.90. The van der Waals surface area contributed by atoms with Gasteiger partial charge in [0.25, 0.3) is 5.91 Å². The zero-order valence-electron chi connectivity index (χ0n) is 13.0. The summed E-state index contributed by atoms with van der Waals surface area (Å²) in [6.45, 7) is 5.68. The Labute approximate surface area is 130 Å². The number of hydrogen-bond donors (Lipinski definition) is 1. The van der Waals surface area contributed by atoms with Gasteiger partial charge < -0.3 is 14.6 Å². The molecular formula is C17H21N3O2. The van der Waals surface area contributed by atoms with Crippen LogP contribution in [0.1, 0.15) is 40.4 Å². The van der Waals surface area contributed by atoms with Crippen LogP contribution in [0.4, 0.5) is 0 Å². The lowest BCUT2D eigenvalue weighted by Gasteiger charge is -2.34. The molecule has 0 unspecified atom stereocenters. The number of aromatic nitrogens is 2. The highest BCUT2D eigenvalue weighted by molar-refractivity contribution is 5.94. The third-order valence-corrected chi connectivity index (χ3v) is 4.04. The van der Waals surface area contributed by atoms with Gasteiger partial charge >= 0.3 is 0 Å². The van der Waals surface area contributed by atoms with Crippen molar-refractivity contribution in [2.45, 2.75) is 26.3 Å². The lowest BCUT2D eigenvalue weighted by Crippen LogP contribution is -2.43. The summed E-state index contributed by atoms with van der Waals surface area (Å²) in [5.74, 6) is 0.820. The summed E-state index contributed by atoms with van der Waals surface area (Å²) in [7, 11) is 0. The Balaban J connectivity index is 1.84. The molecule has 0 saturated carbocycles. The molecule has 1 aliphatic heterocycles. The lowest BCUT2D eigenvalue weighted by atomic mass is 10.1. The summed E-state index contributed by atoms with van der Waals surface area (Å²) in [6.07, 6.45) is 2.75. The minimum absolute atomic E-state index is 0.0324. The summed E-state index contributed by atoms with van der Waals surface area (Å²) in [5, 5.41) is 0. The van der Waals surface area contributed by atoms with Gasteiger partial charge in [0, 0.05) is 24.0 Å². The van der Waals surface area contributed by atoms with E-state index in [2.05, 4.69) is 16.9 Å². The van der Waals surface area contributed by atoms with Crippen LogP contribution in [0.2, 0.25) is 0 Å². The van der Waals surface area contributed by atoms with E-state index >= 15 is 0 Å². The molecule has 1 fully saturated rings. The van der Waals surface area contributed by atoms with Gasteiger partial charge in [-0.05, 0) is 31.0 Å². The summed E-state index contributed by atoms with van der Waals surface area (Å²) >= 11 is 0. The van der Waals surface area contributed by atoms with E-state index in [1.807, 2.05) is 36.1 Å². The van der Waals surface area contributed by atoms with E-state index < -0.39 is 0 Å². The van der Waals surface area contributed by atoms with Gasteiger partial charge in [0.2, 0.25) is 0 Å². The van der Waals surface area contributed by atoms with Gasteiger partial charge in [0.05, 0.1) is 13.2 Å². The van der Waals surface area contributed by atoms with Crippen LogP contribution in [0.5, 0.6) is 0 Å². The van der Waals surface area contributed by atoms with Crippen LogP contribution in [0, 0.1) is 6.92 Å². The van der Waals surface area contributed by atoms with E-state index in [4.69, 9.17) is 4.74 Å². The van der Waals surface area contributed by atoms with E-state index in [1.54, 1.807) is 6.20 Å². The molecular weight excluding hydrogens is 278 g/mol. The van der Waals surface area contributed by atoms with E-state index in [0.717, 1.165) is 17.9 Å². The third-order valence-electron chi connectivity index (χ3n) is 4.04. The fourth-order valence-electron chi connectivity index (χ4n) is 2.72. The summed E-state index contributed by atoms with van der Waals surface area (Å²) in [5.41, 5.74) is 2.93. The van der Waals surface area contributed by atoms with E-state index in [1.165, 1.54) is 5.56 Å². The van der Waals surface area contributed by atoms with Crippen molar-refractivity contribution in [3.63, 3.8) is 0 Å². The molecule has 1 amide bonds. The fraction of sp³-hybridized carbons (Fsp3) is 0.412. The van der Waals surface area contributed by atoms with Crippen LogP contribution in [-0.2, 0) is 11.2 Å². The largest absolute Gasteiger partial charge is 0.377 e. The molecule has 2 aromatic rings. The maximum absolute atomic E-state index is 12.8. The maximum Gasteiger partial charge on any atom is 0.254 e. The van der Waals surface area contributed by atoms with Crippen molar-refractivity contribution in [2.75, 3.05) is 19.8 Å². The number of carbonyl (C=O) groups excluding carboxylic acids is 1. The van der Waals surface area contributed by atoms with Crippen molar-refractivity contribution in [1.29, 1.82) is 0 Å². The minimum Gasteiger partial charge on any atom is -0.377 e. The molecule has 0 spiro atoms. The average Bonchev–Trinajstić information content (AvgIpc) is 3.00. The minimum atomic E-state index is -0.152. The van der Waals surface area contributed by atoms with Crippen LogP contribution in [0.25, 0.3) is 0 Å². The predicted octanol–water partition coefficient (Wildman–Crippen LogP) is 2.49. The van der Waals surface area contributed by atoms with Crippen molar-refractivity contribution in [1.82, 2.24) is 14.9 Å². The van der Waals surface area contributed by atoms with Crippen molar-refractivity contribution < 1.29 is 9.53 Å². The van der Waals surface area contributed by atoms with Crippen molar-refractivity contribution in [3.05, 3.63) is 53.1 Å². The first-order valence-corrected chi connectivity index (χ1v) is 7.68. The molecule has 3 rings (SSSR count). The van der Waals surface area contributed by atoms with E-state index in [9.17, 15) is 4.79 Å². The van der Waals surface area contributed by atoms with Crippen LogP contribution in [0.15, 0.2) is 30.5 Å². The zero-order chi connectivity index (χ0) is 15.5. The monoisotopic (exact) mass is 299 g/mol. The van der Waals surface area contributed by atoms with Gasteiger partial charge in [-0.3, -0.25) is 4.79 Å². The number of benzene rings is 1. The van der Waals surface area contributed by atoms with Crippen molar-refractivity contribution in [2.24, 2.45) is 0 Å². The molecule has 1 atom stereocenters. The summed E-state index contributed by atoms with van der Waals surface area (Å²) in [6, 6.07) is 7.68. The van der Waals surface area contributed by atoms with Crippen LogP contribution in [-0.4, -0.2) is 40.5 Å². The Morgan fingerprint density at radius 2 is 2.18 bits per heavy atom. The standard InChI is InChI=1S/C17H21N3O2/c1-3-13-4-6-14(7-5-13)17(21)20-8-9-22-11-15(20)16-18-10-12(2)19-16/h4-7,10,15H,3,8-9,11H2,1-2H3,(H,18,19)/t15-/m0/s1.